The van der Waals surface area contributed by atoms with Crippen molar-refractivity contribution in [3.05, 3.63) is 37.9 Å². The van der Waals surface area contributed by atoms with Crippen molar-refractivity contribution in [1.82, 2.24) is 0 Å². The summed E-state index contributed by atoms with van der Waals surface area (Å²) in [6, 6.07) is 2.57. The Bertz CT molecular complexity index is 425. The second-order valence-corrected chi connectivity index (χ2v) is 4.28. The van der Waals surface area contributed by atoms with Gasteiger partial charge in [0.25, 0.3) is 5.69 Å². The second-order valence-electron chi connectivity index (χ2n) is 3.47. The summed E-state index contributed by atoms with van der Waals surface area (Å²) in [7, 11) is 1.44. The fourth-order valence-corrected chi connectivity index (χ4v) is 1.76. The summed E-state index contributed by atoms with van der Waals surface area (Å²) >= 11 is 11.5. The zero-order chi connectivity index (χ0) is 13.0. The van der Waals surface area contributed by atoms with Gasteiger partial charge in [0, 0.05) is 25.2 Å². The van der Waals surface area contributed by atoms with Crippen LogP contribution in [0.2, 0.25) is 10.0 Å². The number of methoxy groups -OCH3 is 1. The lowest BCUT2D eigenvalue weighted by molar-refractivity contribution is -0.385. The largest absolute Gasteiger partial charge is 0.390 e. The molecule has 17 heavy (non-hydrogen) atoms. The maximum Gasteiger partial charge on any atom is 0.274 e. The molecular weight excluding hydrogens is 269 g/mol. The summed E-state index contributed by atoms with van der Waals surface area (Å²) in [6.45, 7) is 0.0946. The third-order valence-corrected chi connectivity index (χ3v) is 2.85. The number of hydrogen-bond acceptors (Lipinski definition) is 4. The predicted molar refractivity (Wildman–Crippen MR) is 64.7 cm³/mol. The van der Waals surface area contributed by atoms with Crippen LogP contribution in [0.25, 0.3) is 0 Å². The molecule has 5 nitrogen and oxygen atoms in total. The van der Waals surface area contributed by atoms with Crippen molar-refractivity contribution >= 4 is 28.9 Å². The maximum atomic E-state index is 10.8. The summed E-state index contributed by atoms with van der Waals surface area (Å²) in [6.07, 6.45) is -0.739. The van der Waals surface area contributed by atoms with Crippen molar-refractivity contribution in [3.63, 3.8) is 0 Å². The van der Waals surface area contributed by atoms with Crippen LogP contribution in [0, 0.1) is 10.1 Å². The SMILES string of the molecule is COCC(O)Cc1cc(Cl)c(Cl)cc1[N+](=O)[O-]. The minimum Gasteiger partial charge on any atom is -0.390 e. The molecular formula is C10H11Cl2NO4. The third-order valence-electron chi connectivity index (χ3n) is 2.13. The molecule has 0 bridgehead atoms. The molecule has 0 aliphatic rings. The molecule has 94 valence electrons. The predicted octanol–water partition coefficient (Wildman–Crippen LogP) is 2.45. The highest BCUT2D eigenvalue weighted by Gasteiger charge is 2.19. The molecule has 0 saturated heterocycles. The van der Waals surface area contributed by atoms with Crippen molar-refractivity contribution in [3.8, 4) is 0 Å². The molecule has 0 heterocycles. The molecule has 1 atom stereocenters. The number of aliphatic hydroxyl groups is 1. The van der Waals surface area contributed by atoms with E-state index in [1.807, 2.05) is 0 Å². The van der Waals surface area contributed by atoms with Crippen LogP contribution < -0.4 is 0 Å². The summed E-state index contributed by atoms with van der Waals surface area (Å²) in [5.41, 5.74) is 0.170. The van der Waals surface area contributed by atoms with E-state index in [1.54, 1.807) is 0 Å². The molecule has 1 unspecified atom stereocenters. The highest BCUT2D eigenvalue weighted by atomic mass is 35.5. The Morgan fingerprint density at radius 3 is 2.59 bits per heavy atom. The van der Waals surface area contributed by atoms with E-state index in [2.05, 4.69) is 0 Å². The van der Waals surface area contributed by atoms with Crippen molar-refractivity contribution in [2.24, 2.45) is 0 Å². The van der Waals surface area contributed by atoms with Crippen LogP contribution in [0.3, 0.4) is 0 Å². The molecule has 0 aromatic heterocycles. The van der Waals surface area contributed by atoms with Crippen LogP contribution in [0.4, 0.5) is 5.69 Å². The first-order valence-electron chi connectivity index (χ1n) is 4.75. The lowest BCUT2D eigenvalue weighted by Crippen LogP contribution is -2.17. The fraction of sp³-hybridized carbons (Fsp3) is 0.400. The smallest absolute Gasteiger partial charge is 0.274 e. The minimum absolute atomic E-state index is 0.0844. The summed E-state index contributed by atoms with van der Waals surface area (Å²) in [5.74, 6) is 0. The van der Waals surface area contributed by atoms with Gasteiger partial charge in [-0.1, -0.05) is 23.2 Å². The first-order chi connectivity index (χ1) is 7.95. The summed E-state index contributed by atoms with van der Waals surface area (Å²) in [5, 5.41) is 20.7. The third kappa shape index (κ3) is 3.81. The molecule has 1 N–H and O–H groups in total. The number of nitro benzene ring substituents is 1. The molecule has 7 heteroatoms. The molecule has 0 radical (unpaired) electrons. The Hall–Kier alpha value is -0.880. The van der Waals surface area contributed by atoms with E-state index >= 15 is 0 Å². The molecule has 0 amide bonds. The van der Waals surface area contributed by atoms with Gasteiger partial charge in [0.2, 0.25) is 0 Å². The summed E-state index contributed by atoms with van der Waals surface area (Å²) < 4.78 is 4.75. The number of hydrogen-bond donors (Lipinski definition) is 1. The van der Waals surface area contributed by atoms with Gasteiger partial charge in [0.05, 0.1) is 27.7 Å². The number of benzene rings is 1. The average Bonchev–Trinajstić information content (AvgIpc) is 2.23. The van der Waals surface area contributed by atoms with Gasteiger partial charge < -0.3 is 9.84 Å². The van der Waals surface area contributed by atoms with Crippen LogP contribution in [0.1, 0.15) is 5.56 Å². The van der Waals surface area contributed by atoms with Crippen molar-refractivity contribution in [2.75, 3.05) is 13.7 Å². The minimum atomic E-state index is -0.823. The van der Waals surface area contributed by atoms with E-state index < -0.39 is 11.0 Å². The van der Waals surface area contributed by atoms with Gasteiger partial charge >= 0.3 is 0 Å². The Morgan fingerprint density at radius 2 is 2.06 bits per heavy atom. The van der Waals surface area contributed by atoms with Gasteiger partial charge in [-0.2, -0.15) is 0 Å². The fourth-order valence-electron chi connectivity index (χ4n) is 1.42. The normalized spacial score (nSPS) is 12.5. The number of ether oxygens (including phenoxy) is 1. The highest BCUT2D eigenvalue weighted by Crippen LogP contribution is 2.31. The summed E-state index contributed by atoms with van der Waals surface area (Å²) in [4.78, 5) is 10.3. The van der Waals surface area contributed by atoms with Crippen molar-refractivity contribution in [1.29, 1.82) is 0 Å². The molecule has 1 aromatic carbocycles. The first kappa shape index (κ1) is 14.2. The van der Waals surface area contributed by atoms with E-state index in [-0.39, 0.29) is 28.8 Å². The van der Waals surface area contributed by atoms with E-state index in [0.29, 0.717) is 5.56 Å². The topological polar surface area (TPSA) is 72.6 Å². The van der Waals surface area contributed by atoms with Crippen LogP contribution >= 0.6 is 23.2 Å². The number of halogens is 2. The van der Waals surface area contributed by atoms with Crippen LogP contribution in [-0.2, 0) is 11.2 Å². The van der Waals surface area contributed by atoms with E-state index in [1.165, 1.54) is 19.2 Å². The number of rotatable bonds is 5. The molecule has 1 aromatic rings. The second kappa shape index (κ2) is 6.16. The molecule has 0 fully saturated rings. The van der Waals surface area contributed by atoms with Crippen molar-refractivity contribution < 1.29 is 14.8 Å². The van der Waals surface area contributed by atoms with E-state index in [4.69, 9.17) is 27.9 Å². The Balaban J connectivity index is 3.04. The lowest BCUT2D eigenvalue weighted by atomic mass is 10.1. The monoisotopic (exact) mass is 279 g/mol. The van der Waals surface area contributed by atoms with Gasteiger partial charge in [-0.15, -0.1) is 0 Å². The maximum absolute atomic E-state index is 10.8. The zero-order valence-corrected chi connectivity index (χ0v) is 10.5. The number of aliphatic hydroxyl groups excluding tert-OH is 1. The number of nitrogens with zero attached hydrogens (tertiary/aromatic N) is 1. The Labute approximate surface area is 108 Å². The standard InChI is InChI=1S/C10H11Cl2NO4/c1-17-5-7(14)2-6-3-8(11)9(12)4-10(6)13(15)16/h3-4,7,14H,2,5H2,1H3. The van der Waals surface area contributed by atoms with Crippen molar-refractivity contribution in [2.45, 2.75) is 12.5 Å². The molecule has 1 rings (SSSR count). The molecule has 0 aliphatic heterocycles. The van der Waals surface area contributed by atoms with Crippen LogP contribution in [0.5, 0.6) is 0 Å². The molecule has 0 spiro atoms. The molecule has 0 aliphatic carbocycles. The zero-order valence-electron chi connectivity index (χ0n) is 9.02. The first-order valence-corrected chi connectivity index (χ1v) is 5.50. The number of nitro groups is 1. The Morgan fingerprint density at radius 1 is 1.47 bits per heavy atom. The van der Waals surface area contributed by atoms with E-state index in [9.17, 15) is 15.2 Å². The lowest BCUT2D eigenvalue weighted by Gasteiger charge is -2.10. The quantitative estimate of drug-likeness (QED) is 0.664. The van der Waals surface area contributed by atoms with E-state index in [0.717, 1.165) is 0 Å². The van der Waals surface area contributed by atoms with Gasteiger partial charge in [-0.3, -0.25) is 10.1 Å². The van der Waals surface area contributed by atoms with Crippen LogP contribution in [0.15, 0.2) is 12.1 Å². The van der Waals surface area contributed by atoms with Gasteiger partial charge in [0.1, 0.15) is 0 Å². The Kier molecular flexibility index (Phi) is 5.14. The van der Waals surface area contributed by atoms with Gasteiger partial charge in [-0.25, -0.2) is 0 Å². The van der Waals surface area contributed by atoms with Gasteiger partial charge in [-0.05, 0) is 6.07 Å². The average molecular weight is 280 g/mol. The highest BCUT2D eigenvalue weighted by molar-refractivity contribution is 6.42. The molecule has 0 saturated carbocycles. The van der Waals surface area contributed by atoms with Gasteiger partial charge in [0.15, 0.2) is 0 Å². The van der Waals surface area contributed by atoms with Crippen LogP contribution in [-0.4, -0.2) is 29.9 Å².